The number of amides is 7. The van der Waals surface area contributed by atoms with Crippen LogP contribution >= 0.6 is 0 Å². The lowest BCUT2D eigenvalue weighted by Gasteiger charge is -2.36. The molecule has 18 heteroatoms. The lowest BCUT2D eigenvalue weighted by molar-refractivity contribution is -0.149. The monoisotopic (exact) mass is 857 g/mol. The molecule has 0 aromatic heterocycles. The van der Waals surface area contributed by atoms with Gasteiger partial charge in [0.1, 0.15) is 53.8 Å². The van der Waals surface area contributed by atoms with Gasteiger partial charge in [-0.3, -0.25) is 33.6 Å². The maximum Gasteiger partial charge on any atom is 0.247 e. The third-order valence-electron chi connectivity index (χ3n) is 11.2. The molecule has 1 fully saturated rings. The van der Waals surface area contributed by atoms with Crippen molar-refractivity contribution in [3.8, 4) is 23.0 Å². The molecule has 18 nitrogen and oxygen atoms in total. The number of methoxy groups -OCH3 is 2. The molecule has 6 bridgehead atoms. The van der Waals surface area contributed by atoms with E-state index in [1.165, 1.54) is 65.9 Å². The topological polar surface area (TPSA) is 225 Å². The summed E-state index contributed by atoms with van der Waals surface area (Å²) in [4.78, 5) is 102. The number of carbonyl (C=O) groups is 7. The Morgan fingerprint density at radius 1 is 0.613 bits per heavy atom. The molecule has 0 spiro atoms. The van der Waals surface area contributed by atoms with Gasteiger partial charge in [-0.15, -0.1) is 0 Å². The van der Waals surface area contributed by atoms with Gasteiger partial charge in [0.15, 0.2) is 11.5 Å². The molecule has 62 heavy (non-hydrogen) atoms. The SMILES string of the molecule is COc1ccc(C[C@H]2C(=O)N[C@@H](C)C(=O)N(C)[C@H]3Cc4ccc(cc4)Oc4cc(ccc4OC)C[C@@H](C(=O)N[C@H](C)C(=O)NC(C)C(=O)N[C@@H](CO)C(=O)N2C)N(C)C3=O)cc1. The minimum absolute atomic E-state index is 0.00702. The fourth-order valence-corrected chi connectivity index (χ4v) is 7.26. The summed E-state index contributed by atoms with van der Waals surface area (Å²) in [6.07, 6.45) is -0.114. The molecular formula is C44H55N7O11. The maximum atomic E-state index is 14.8. The summed E-state index contributed by atoms with van der Waals surface area (Å²) in [5.41, 5.74) is 1.84. The molecule has 0 aliphatic carbocycles. The number of rotatable bonds is 5. The van der Waals surface area contributed by atoms with Crippen molar-refractivity contribution in [2.24, 2.45) is 0 Å². The standard InChI is InChI=1S/C44H55N7O11/c1-24-38(53)45-25(2)39(54)48-32(23-52)43(58)49(4)33(19-27-9-14-30(60-7)15-10-27)41(56)47-26(3)42(57)51(6)35-20-28-11-16-31(17-12-28)62-37-22-29(13-18-36(37)61-8)21-34(40(55)46-24)50(5)44(35)59/h9-18,22,24-26,32-35,52H,19-21,23H2,1-8H3,(H,45,53)(H,46,55)(H,47,56)(H,48,54)/t24-,25?,26+,32+,33+,34+,35+/m1/s1. The Bertz CT molecular complexity index is 2150. The summed E-state index contributed by atoms with van der Waals surface area (Å²) in [7, 11) is 7.18. The van der Waals surface area contributed by atoms with Gasteiger partial charge in [-0.25, -0.2) is 0 Å². The lowest BCUT2D eigenvalue weighted by Crippen LogP contribution is -2.60. The molecule has 1 unspecified atom stereocenters. The van der Waals surface area contributed by atoms with E-state index < -0.39 is 90.3 Å². The van der Waals surface area contributed by atoms with Gasteiger partial charge < -0.3 is 55.3 Å². The Morgan fingerprint density at radius 3 is 1.79 bits per heavy atom. The minimum Gasteiger partial charge on any atom is -0.497 e. The number of nitrogens with one attached hydrogen (secondary N) is 4. The van der Waals surface area contributed by atoms with Crippen LogP contribution in [-0.2, 0) is 52.8 Å². The summed E-state index contributed by atoms with van der Waals surface area (Å²) in [6.45, 7) is 3.35. The summed E-state index contributed by atoms with van der Waals surface area (Å²) < 4.78 is 17.0. The van der Waals surface area contributed by atoms with Crippen molar-refractivity contribution < 1.29 is 52.9 Å². The largest absolute Gasteiger partial charge is 0.497 e. The van der Waals surface area contributed by atoms with Crippen molar-refractivity contribution in [3.05, 3.63) is 83.4 Å². The van der Waals surface area contributed by atoms with E-state index in [-0.39, 0.29) is 19.3 Å². The van der Waals surface area contributed by atoms with Crippen LogP contribution in [0.5, 0.6) is 23.0 Å². The van der Waals surface area contributed by atoms with Crippen LogP contribution in [0.4, 0.5) is 0 Å². The van der Waals surface area contributed by atoms with E-state index in [0.717, 1.165) is 4.90 Å². The van der Waals surface area contributed by atoms with Crippen LogP contribution in [0.25, 0.3) is 0 Å². The summed E-state index contributed by atoms with van der Waals surface area (Å²) in [6, 6.07) is 9.78. The number of benzene rings is 3. The first kappa shape index (κ1) is 46.4. The quantitative estimate of drug-likeness (QED) is 0.235. The number of hydrogen-bond donors (Lipinski definition) is 5. The maximum absolute atomic E-state index is 14.8. The van der Waals surface area contributed by atoms with Gasteiger partial charge in [0.2, 0.25) is 41.4 Å². The highest BCUT2D eigenvalue weighted by Gasteiger charge is 2.39. The van der Waals surface area contributed by atoms with Crippen LogP contribution in [-0.4, -0.2) is 145 Å². The molecule has 0 saturated carbocycles. The summed E-state index contributed by atoms with van der Waals surface area (Å²) in [5, 5.41) is 20.6. The van der Waals surface area contributed by atoms with E-state index in [1.54, 1.807) is 66.7 Å². The first-order chi connectivity index (χ1) is 29.4. The average molecular weight is 858 g/mol. The fourth-order valence-electron chi connectivity index (χ4n) is 7.26. The van der Waals surface area contributed by atoms with Gasteiger partial charge >= 0.3 is 0 Å². The van der Waals surface area contributed by atoms with Gasteiger partial charge in [-0.05, 0) is 73.9 Å². The zero-order valence-corrected chi connectivity index (χ0v) is 36.1. The van der Waals surface area contributed by atoms with E-state index in [4.69, 9.17) is 14.2 Å². The molecule has 3 aromatic carbocycles. The second kappa shape index (κ2) is 20.2. The highest BCUT2D eigenvalue weighted by molar-refractivity contribution is 5.98. The third kappa shape index (κ3) is 10.8. The predicted octanol–water partition coefficient (Wildman–Crippen LogP) is 0.323. The Morgan fingerprint density at radius 2 is 1.18 bits per heavy atom. The van der Waals surface area contributed by atoms with Crippen molar-refractivity contribution in [2.45, 2.75) is 82.3 Å². The highest BCUT2D eigenvalue weighted by Crippen LogP contribution is 2.34. The van der Waals surface area contributed by atoms with Gasteiger partial charge in [0.25, 0.3) is 0 Å². The molecular weight excluding hydrogens is 803 g/mol. The highest BCUT2D eigenvalue weighted by atomic mass is 16.5. The van der Waals surface area contributed by atoms with E-state index in [2.05, 4.69) is 21.3 Å². The number of carbonyl (C=O) groups excluding carboxylic acids is 7. The number of aliphatic hydroxyl groups is 1. The minimum atomic E-state index is -1.54. The molecule has 1 saturated heterocycles. The Hall–Kier alpha value is -6.69. The molecule has 3 aliphatic rings. The molecule has 6 rings (SSSR count). The first-order valence-corrected chi connectivity index (χ1v) is 20.1. The van der Waals surface area contributed by atoms with Crippen molar-refractivity contribution >= 4 is 41.4 Å². The molecule has 332 valence electrons. The van der Waals surface area contributed by atoms with Crippen molar-refractivity contribution in [2.75, 3.05) is 42.0 Å². The van der Waals surface area contributed by atoms with Crippen LogP contribution in [0.1, 0.15) is 37.5 Å². The molecule has 5 N–H and O–H groups in total. The molecule has 3 aliphatic heterocycles. The van der Waals surface area contributed by atoms with Crippen LogP contribution in [0, 0.1) is 0 Å². The van der Waals surface area contributed by atoms with Crippen LogP contribution in [0.2, 0.25) is 0 Å². The third-order valence-corrected chi connectivity index (χ3v) is 11.2. The Labute approximate surface area is 360 Å². The Balaban J connectivity index is 1.59. The fraction of sp³-hybridized carbons (Fsp3) is 0.432. The number of likely N-dealkylation sites (N-methyl/N-ethyl adjacent to an activating group) is 3. The van der Waals surface area contributed by atoms with Crippen LogP contribution in [0.3, 0.4) is 0 Å². The molecule has 7 amide bonds. The normalized spacial score (nSPS) is 24.8. The van der Waals surface area contributed by atoms with E-state index >= 15 is 0 Å². The van der Waals surface area contributed by atoms with E-state index in [0.29, 0.717) is 39.7 Å². The van der Waals surface area contributed by atoms with Gasteiger partial charge in [0.05, 0.1) is 20.8 Å². The van der Waals surface area contributed by atoms with Gasteiger partial charge in [-0.2, -0.15) is 0 Å². The second-order valence-electron chi connectivity index (χ2n) is 15.5. The van der Waals surface area contributed by atoms with Crippen molar-refractivity contribution in [1.82, 2.24) is 36.0 Å². The average Bonchev–Trinajstić information content (AvgIpc) is 3.26. The van der Waals surface area contributed by atoms with E-state index in [9.17, 15) is 38.7 Å². The molecule has 7 atom stereocenters. The number of aliphatic hydroxyl groups excluding tert-OH is 1. The summed E-state index contributed by atoms with van der Waals surface area (Å²) in [5.74, 6) is -3.37. The number of hydrogen-bond acceptors (Lipinski definition) is 11. The molecule has 3 aromatic rings. The number of ether oxygens (including phenoxy) is 3. The number of fused-ring (bicyclic) bond motifs is 2. The van der Waals surface area contributed by atoms with Crippen molar-refractivity contribution in [1.29, 1.82) is 0 Å². The Kier molecular flexibility index (Phi) is 15.1. The van der Waals surface area contributed by atoms with Gasteiger partial charge in [-0.1, -0.05) is 30.3 Å². The smallest absolute Gasteiger partial charge is 0.247 e. The lowest BCUT2D eigenvalue weighted by atomic mass is 9.99. The van der Waals surface area contributed by atoms with E-state index in [1.807, 2.05) is 0 Å². The zero-order valence-electron chi connectivity index (χ0n) is 36.1. The second-order valence-corrected chi connectivity index (χ2v) is 15.5. The van der Waals surface area contributed by atoms with Crippen molar-refractivity contribution in [3.63, 3.8) is 0 Å². The zero-order chi connectivity index (χ0) is 45.4. The first-order valence-electron chi connectivity index (χ1n) is 20.1. The van der Waals surface area contributed by atoms with Crippen LogP contribution < -0.4 is 35.5 Å². The molecule has 0 radical (unpaired) electrons. The summed E-state index contributed by atoms with van der Waals surface area (Å²) >= 11 is 0. The molecule has 3 heterocycles. The van der Waals surface area contributed by atoms with Gasteiger partial charge in [0, 0.05) is 40.4 Å². The van der Waals surface area contributed by atoms with Crippen LogP contribution in [0.15, 0.2) is 66.7 Å². The predicted molar refractivity (Wildman–Crippen MR) is 225 cm³/mol. The number of nitrogens with zero attached hydrogens (tertiary/aromatic N) is 3.